The number of amides is 2. The lowest BCUT2D eigenvalue weighted by Crippen LogP contribution is -2.36. The Morgan fingerprint density at radius 2 is 1.62 bits per heavy atom. The highest BCUT2D eigenvalue weighted by atomic mass is 16.2. The summed E-state index contributed by atoms with van der Waals surface area (Å²) in [6, 6.07) is 7.45. The van der Waals surface area contributed by atoms with Gasteiger partial charge in [0.05, 0.1) is 6.54 Å². The quantitative estimate of drug-likeness (QED) is 0.762. The number of hydrogen-bond acceptors (Lipinski definition) is 3. The highest BCUT2D eigenvalue weighted by Crippen LogP contribution is 2.20. The van der Waals surface area contributed by atoms with E-state index < -0.39 is 5.41 Å². The highest BCUT2D eigenvalue weighted by molar-refractivity contribution is 5.95. The Labute approximate surface area is 145 Å². The van der Waals surface area contributed by atoms with Gasteiger partial charge in [-0.05, 0) is 31.0 Å². The van der Waals surface area contributed by atoms with Gasteiger partial charge in [-0.25, -0.2) is 0 Å². The van der Waals surface area contributed by atoms with E-state index in [1.54, 1.807) is 0 Å². The number of nitrogens with one attached hydrogen (secondary N) is 2. The molecule has 2 amide bonds. The maximum Gasteiger partial charge on any atom is 0.241 e. The van der Waals surface area contributed by atoms with Gasteiger partial charge in [0.25, 0.3) is 0 Å². The number of nitrogens with zero attached hydrogens (tertiary/aromatic N) is 1. The second-order valence-electron chi connectivity index (χ2n) is 7.02. The van der Waals surface area contributed by atoms with Crippen molar-refractivity contribution in [1.82, 2.24) is 4.90 Å². The van der Waals surface area contributed by atoms with E-state index in [0.29, 0.717) is 0 Å². The molecule has 0 bridgehead atoms. The highest BCUT2D eigenvalue weighted by Gasteiger charge is 2.21. The third-order valence-electron chi connectivity index (χ3n) is 3.59. The summed E-state index contributed by atoms with van der Waals surface area (Å²) >= 11 is 0. The number of benzene rings is 1. The van der Waals surface area contributed by atoms with Crippen molar-refractivity contribution in [3.05, 3.63) is 24.3 Å². The number of rotatable bonds is 8. The molecule has 1 aromatic carbocycles. The van der Waals surface area contributed by atoms with Crippen LogP contribution in [0.5, 0.6) is 0 Å². The van der Waals surface area contributed by atoms with Crippen LogP contribution in [0.3, 0.4) is 0 Å². The Balaban J connectivity index is 2.64. The molecule has 0 heterocycles. The van der Waals surface area contributed by atoms with Gasteiger partial charge in [0.1, 0.15) is 0 Å². The lowest BCUT2D eigenvalue weighted by molar-refractivity contribution is -0.129. The molecule has 0 aliphatic rings. The van der Waals surface area contributed by atoms with E-state index in [9.17, 15) is 9.59 Å². The molecule has 24 heavy (non-hydrogen) atoms. The first-order valence-corrected chi connectivity index (χ1v) is 8.71. The zero-order valence-corrected chi connectivity index (χ0v) is 15.6. The van der Waals surface area contributed by atoms with Crippen LogP contribution < -0.4 is 10.6 Å². The molecule has 0 unspecified atom stereocenters. The molecule has 0 aliphatic heterocycles. The van der Waals surface area contributed by atoms with Crippen LogP contribution in [0.25, 0.3) is 0 Å². The summed E-state index contributed by atoms with van der Waals surface area (Å²) in [6.45, 7) is 11.6. The van der Waals surface area contributed by atoms with E-state index in [4.69, 9.17) is 0 Å². The molecular weight excluding hydrogens is 302 g/mol. The Morgan fingerprint density at radius 3 is 2.17 bits per heavy atom. The second kappa shape index (κ2) is 9.30. The fourth-order valence-corrected chi connectivity index (χ4v) is 2.22. The maximum absolute atomic E-state index is 12.3. The van der Waals surface area contributed by atoms with Crippen LogP contribution in [0.15, 0.2) is 24.3 Å². The average Bonchev–Trinajstić information content (AvgIpc) is 2.52. The molecule has 0 aromatic heterocycles. The standard InChI is InChI=1S/C19H31N3O2/c1-6-11-22(12-7-2)17(23)14-20-15-9-8-10-16(13-15)21-18(24)19(3,4)5/h8-10,13,20H,6-7,11-12,14H2,1-5H3,(H,21,24). The summed E-state index contributed by atoms with van der Waals surface area (Å²) in [6.07, 6.45) is 1.92. The predicted molar refractivity (Wildman–Crippen MR) is 100 cm³/mol. The van der Waals surface area contributed by atoms with Crippen LogP contribution in [-0.2, 0) is 9.59 Å². The summed E-state index contributed by atoms with van der Waals surface area (Å²) in [5.74, 6) is 0.0654. The molecule has 0 saturated heterocycles. The molecule has 0 radical (unpaired) electrons. The van der Waals surface area contributed by atoms with Gasteiger partial charge in [0.15, 0.2) is 0 Å². The lowest BCUT2D eigenvalue weighted by Gasteiger charge is -2.22. The zero-order valence-electron chi connectivity index (χ0n) is 15.6. The van der Waals surface area contributed by atoms with Gasteiger partial charge in [-0.3, -0.25) is 9.59 Å². The van der Waals surface area contributed by atoms with E-state index in [1.165, 1.54) is 0 Å². The van der Waals surface area contributed by atoms with Crippen LogP contribution in [0.1, 0.15) is 47.5 Å². The molecule has 5 nitrogen and oxygen atoms in total. The third-order valence-corrected chi connectivity index (χ3v) is 3.59. The van der Waals surface area contributed by atoms with Crippen molar-refractivity contribution in [2.45, 2.75) is 47.5 Å². The molecule has 1 aromatic rings. The molecule has 0 aliphatic carbocycles. The van der Waals surface area contributed by atoms with Crippen molar-refractivity contribution < 1.29 is 9.59 Å². The lowest BCUT2D eigenvalue weighted by atomic mass is 9.95. The summed E-state index contributed by atoms with van der Waals surface area (Å²) in [5, 5.41) is 6.05. The topological polar surface area (TPSA) is 61.4 Å². The first kappa shape index (κ1) is 20.0. The predicted octanol–water partition coefficient (Wildman–Crippen LogP) is 3.73. The summed E-state index contributed by atoms with van der Waals surface area (Å²) in [5.41, 5.74) is 1.11. The molecule has 0 atom stereocenters. The number of hydrogen-bond donors (Lipinski definition) is 2. The molecule has 0 saturated carbocycles. The van der Waals surface area contributed by atoms with E-state index in [-0.39, 0.29) is 18.4 Å². The SMILES string of the molecule is CCCN(CCC)C(=O)CNc1cccc(NC(=O)C(C)(C)C)c1. The third kappa shape index (κ3) is 6.60. The molecule has 2 N–H and O–H groups in total. The van der Waals surface area contributed by atoms with E-state index in [0.717, 1.165) is 37.3 Å². The Hall–Kier alpha value is -2.04. The number of carbonyl (C=O) groups is 2. The van der Waals surface area contributed by atoms with Crippen LogP contribution >= 0.6 is 0 Å². The Bertz CT molecular complexity index is 544. The maximum atomic E-state index is 12.3. The Kier molecular flexibility index (Phi) is 7.75. The molecule has 0 fully saturated rings. The molecule has 5 heteroatoms. The summed E-state index contributed by atoms with van der Waals surface area (Å²) in [7, 11) is 0. The van der Waals surface area contributed by atoms with Crippen LogP contribution in [0, 0.1) is 5.41 Å². The van der Waals surface area contributed by atoms with E-state index in [1.807, 2.05) is 49.9 Å². The zero-order chi connectivity index (χ0) is 18.2. The monoisotopic (exact) mass is 333 g/mol. The smallest absolute Gasteiger partial charge is 0.241 e. The average molecular weight is 333 g/mol. The van der Waals surface area contributed by atoms with Gasteiger partial charge < -0.3 is 15.5 Å². The van der Waals surface area contributed by atoms with Crippen molar-refractivity contribution in [3.63, 3.8) is 0 Å². The van der Waals surface area contributed by atoms with Crippen molar-refractivity contribution in [2.24, 2.45) is 5.41 Å². The van der Waals surface area contributed by atoms with Gasteiger partial charge >= 0.3 is 0 Å². The summed E-state index contributed by atoms with van der Waals surface area (Å²) in [4.78, 5) is 26.2. The van der Waals surface area contributed by atoms with Crippen molar-refractivity contribution in [3.8, 4) is 0 Å². The van der Waals surface area contributed by atoms with Gasteiger partial charge in [-0.15, -0.1) is 0 Å². The first-order chi connectivity index (χ1) is 11.3. The van der Waals surface area contributed by atoms with Crippen LogP contribution in [-0.4, -0.2) is 36.3 Å². The fourth-order valence-electron chi connectivity index (χ4n) is 2.22. The van der Waals surface area contributed by atoms with Gasteiger partial charge in [0.2, 0.25) is 11.8 Å². The second-order valence-corrected chi connectivity index (χ2v) is 7.02. The van der Waals surface area contributed by atoms with Crippen LogP contribution in [0.2, 0.25) is 0 Å². The number of anilines is 2. The van der Waals surface area contributed by atoms with Crippen LogP contribution in [0.4, 0.5) is 11.4 Å². The fraction of sp³-hybridized carbons (Fsp3) is 0.579. The van der Waals surface area contributed by atoms with Crippen molar-refractivity contribution in [2.75, 3.05) is 30.3 Å². The molecule has 0 spiro atoms. The van der Waals surface area contributed by atoms with Gasteiger partial charge in [0, 0.05) is 29.9 Å². The minimum Gasteiger partial charge on any atom is -0.376 e. The minimum absolute atomic E-state index is 0.0345. The number of carbonyl (C=O) groups excluding carboxylic acids is 2. The summed E-state index contributed by atoms with van der Waals surface area (Å²) < 4.78 is 0. The van der Waals surface area contributed by atoms with Crippen molar-refractivity contribution in [1.29, 1.82) is 0 Å². The molecule has 134 valence electrons. The first-order valence-electron chi connectivity index (χ1n) is 8.71. The normalized spacial score (nSPS) is 11.0. The largest absolute Gasteiger partial charge is 0.376 e. The van der Waals surface area contributed by atoms with E-state index >= 15 is 0 Å². The molecule has 1 rings (SSSR count). The van der Waals surface area contributed by atoms with Gasteiger partial charge in [-0.1, -0.05) is 40.7 Å². The minimum atomic E-state index is -0.444. The van der Waals surface area contributed by atoms with E-state index in [2.05, 4.69) is 24.5 Å². The van der Waals surface area contributed by atoms with Gasteiger partial charge in [-0.2, -0.15) is 0 Å². The molecular formula is C19H31N3O2. The van der Waals surface area contributed by atoms with Crippen molar-refractivity contribution >= 4 is 23.2 Å². The Morgan fingerprint density at radius 1 is 1.04 bits per heavy atom.